The smallest absolute Gasteiger partial charge is 0.223 e. The van der Waals surface area contributed by atoms with Crippen LogP contribution < -0.4 is 9.64 Å². The largest absolute Gasteiger partial charge is 0.495 e. The van der Waals surface area contributed by atoms with Crippen molar-refractivity contribution in [1.29, 1.82) is 0 Å². The molecule has 108 valence electrons. The van der Waals surface area contributed by atoms with Crippen LogP contribution in [0.2, 0.25) is 0 Å². The number of ketones is 1. The number of hydrogen-bond donors (Lipinski definition) is 0. The van der Waals surface area contributed by atoms with Gasteiger partial charge in [-0.3, -0.25) is 9.59 Å². The molecule has 0 N–H and O–H groups in total. The van der Waals surface area contributed by atoms with Gasteiger partial charge in [0, 0.05) is 45.9 Å². The SMILES string of the molecule is COc1ccc(C(=O)C=CN(C)C)cc1N(C)C(C)=O. The van der Waals surface area contributed by atoms with Crippen LogP contribution in [0.5, 0.6) is 5.75 Å². The lowest BCUT2D eigenvalue weighted by Crippen LogP contribution is -2.23. The van der Waals surface area contributed by atoms with Crippen molar-refractivity contribution in [2.45, 2.75) is 6.92 Å². The van der Waals surface area contributed by atoms with Gasteiger partial charge in [0.05, 0.1) is 12.8 Å². The highest BCUT2D eigenvalue weighted by molar-refractivity contribution is 6.06. The van der Waals surface area contributed by atoms with Crippen LogP contribution in [-0.4, -0.2) is 44.8 Å². The number of amides is 1. The van der Waals surface area contributed by atoms with Crippen LogP contribution in [-0.2, 0) is 4.79 Å². The van der Waals surface area contributed by atoms with Crippen molar-refractivity contribution in [3.05, 3.63) is 36.0 Å². The fourth-order valence-corrected chi connectivity index (χ4v) is 1.59. The highest BCUT2D eigenvalue weighted by atomic mass is 16.5. The van der Waals surface area contributed by atoms with Gasteiger partial charge in [-0.1, -0.05) is 0 Å². The van der Waals surface area contributed by atoms with Gasteiger partial charge < -0.3 is 14.5 Å². The maximum atomic E-state index is 12.0. The molecular weight excluding hydrogens is 256 g/mol. The average molecular weight is 276 g/mol. The summed E-state index contributed by atoms with van der Waals surface area (Å²) >= 11 is 0. The molecule has 1 aromatic carbocycles. The highest BCUT2D eigenvalue weighted by Gasteiger charge is 2.14. The van der Waals surface area contributed by atoms with E-state index in [1.165, 1.54) is 25.0 Å². The van der Waals surface area contributed by atoms with E-state index in [-0.39, 0.29) is 11.7 Å². The van der Waals surface area contributed by atoms with E-state index in [1.807, 2.05) is 14.1 Å². The lowest BCUT2D eigenvalue weighted by Gasteiger charge is -2.18. The van der Waals surface area contributed by atoms with E-state index in [9.17, 15) is 9.59 Å². The van der Waals surface area contributed by atoms with Gasteiger partial charge in [-0.05, 0) is 18.2 Å². The quantitative estimate of drug-likeness (QED) is 0.609. The van der Waals surface area contributed by atoms with E-state index in [4.69, 9.17) is 4.74 Å². The normalized spacial score (nSPS) is 10.4. The molecule has 1 aromatic rings. The van der Waals surface area contributed by atoms with E-state index in [0.29, 0.717) is 17.0 Å². The third-order valence-corrected chi connectivity index (χ3v) is 2.82. The topological polar surface area (TPSA) is 49.9 Å². The minimum absolute atomic E-state index is 0.125. The number of rotatable bonds is 5. The summed E-state index contributed by atoms with van der Waals surface area (Å²) in [6.45, 7) is 1.46. The molecule has 0 saturated carbocycles. The lowest BCUT2D eigenvalue weighted by molar-refractivity contribution is -0.116. The summed E-state index contributed by atoms with van der Waals surface area (Å²) in [6.07, 6.45) is 3.17. The zero-order valence-electron chi connectivity index (χ0n) is 12.5. The summed E-state index contributed by atoms with van der Waals surface area (Å²) in [6, 6.07) is 5.02. The molecule has 0 radical (unpaired) electrons. The maximum absolute atomic E-state index is 12.0. The molecule has 5 heteroatoms. The Labute approximate surface area is 119 Å². The molecule has 0 aliphatic rings. The molecular formula is C15H20N2O3. The molecule has 20 heavy (non-hydrogen) atoms. The molecule has 0 spiro atoms. The van der Waals surface area contributed by atoms with Gasteiger partial charge in [-0.2, -0.15) is 0 Å². The summed E-state index contributed by atoms with van der Waals surface area (Å²) < 4.78 is 5.22. The molecule has 5 nitrogen and oxygen atoms in total. The van der Waals surface area contributed by atoms with Gasteiger partial charge in [-0.15, -0.1) is 0 Å². The maximum Gasteiger partial charge on any atom is 0.223 e. The summed E-state index contributed by atoms with van der Waals surface area (Å²) in [5, 5.41) is 0. The third-order valence-electron chi connectivity index (χ3n) is 2.82. The third kappa shape index (κ3) is 3.85. The van der Waals surface area contributed by atoms with Crippen molar-refractivity contribution in [2.24, 2.45) is 0 Å². The Balaban J connectivity index is 3.16. The Hall–Kier alpha value is -2.30. The number of methoxy groups -OCH3 is 1. The molecule has 0 unspecified atom stereocenters. The first kappa shape index (κ1) is 15.8. The monoisotopic (exact) mass is 276 g/mol. The zero-order chi connectivity index (χ0) is 15.3. The van der Waals surface area contributed by atoms with Crippen LogP contribution in [0, 0.1) is 0 Å². The molecule has 0 fully saturated rings. The summed E-state index contributed by atoms with van der Waals surface area (Å²) in [7, 11) is 6.85. The molecule has 1 rings (SSSR count). The second kappa shape index (κ2) is 6.75. The van der Waals surface area contributed by atoms with Gasteiger partial charge in [-0.25, -0.2) is 0 Å². The summed E-state index contributed by atoms with van der Waals surface area (Å²) in [4.78, 5) is 26.7. The van der Waals surface area contributed by atoms with Crippen LogP contribution in [0.15, 0.2) is 30.5 Å². The number of nitrogens with zero attached hydrogens (tertiary/aromatic N) is 2. The fraction of sp³-hybridized carbons (Fsp3) is 0.333. The minimum atomic E-state index is -0.128. The zero-order valence-corrected chi connectivity index (χ0v) is 12.5. The average Bonchev–Trinajstić information content (AvgIpc) is 2.42. The molecule has 0 bridgehead atoms. The lowest BCUT2D eigenvalue weighted by atomic mass is 10.1. The van der Waals surface area contributed by atoms with E-state index < -0.39 is 0 Å². The second-order valence-corrected chi connectivity index (χ2v) is 4.61. The minimum Gasteiger partial charge on any atom is -0.495 e. The predicted molar refractivity (Wildman–Crippen MR) is 79.2 cm³/mol. The Morgan fingerprint density at radius 1 is 1.20 bits per heavy atom. The highest BCUT2D eigenvalue weighted by Crippen LogP contribution is 2.29. The number of carbonyl (C=O) groups excluding carboxylic acids is 2. The molecule has 0 aliphatic carbocycles. The van der Waals surface area contributed by atoms with Gasteiger partial charge in [0.25, 0.3) is 0 Å². The summed E-state index contributed by atoms with van der Waals surface area (Å²) in [5.41, 5.74) is 1.08. The van der Waals surface area contributed by atoms with E-state index in [0.717, 1.165) is 0 Å². The number of hydrogen-bond acceptors (Lipinski definition) is 4. The first-order valence-electron chi connectivity index (χ1n) is 6.18. The van der Waals surface area contributed by atoms with Crippen molar-refractivity contribution in [3.8, 4) is 5.75 Å². The van der Waals surface area contributed by atoms with Crippen LogP contribution in [0.25, 0.3) is 0 Å². The standard InChI is InChI=1S/C15H20N2O3/c1-11(18)17(4)13-10-12(6-7-15(13)20-5)14(19)8-9-16(2)3/h6-10H,1-5H3. The Kier molecular flexibility index (Phi) is 5.32. The number of anilines is 1. The van der Waals surface area contributed by atoms with Gasteiger partial charge >= 0.3 is 0 Å². The number of ether oxygens (including phenoxy) is 1. The van der Waals surface area contributed by atoms with Gasteiger partial charge in [0.2, 0.25) is 5.91 Å². The molecule has 0 aromatic heterocycles. The number of allylic oxidation sites excluding steroid dienone is 1. The van der Waals surface area contributed by atoms with E-state index in [1.54, 1.807) is 36.3 Å². The van der Waals surface area contributed by atoms with Crippen LogP contribution in [0.1, 0.15) is 17.3 Å². The first-order valence-corrected chi connectivity index (χ1v) is 6.18. The van der Waals surface area contributed by atoms with Crippen molar-refractivity contribution in [3.63, 3.8) is 0 Å². The van der Waals surface area contributed by atoms with Gasteiger partial charge in [0.1, 0.15) is 5.75 Å². The molecule has 0 heterocycles. The number of benzene rings is 1. The van der Waals surface area contributed by atoms with Crippen LogP contribution in [0.4, 0.5) is 5.69 Å². The first-order chi connectivity index (χ1) is 9.36. The van der Waals surface area contributed by atoms with E-state index >= 15 is 0 Å². The Bertz CT molecular complexity index is 536. The second-order valence-electron chi connectivity index (χ2n) is 4.61. The van der Waals surface area contributed by atoms with Crippen LogP contribution in [0.3, 0.4) is 0 Å². The van der Waals surface area contributed by atoms with E-state index in [2.05, 4.69) is 0 Å². The molecule has 0 atom stereocenters. The summed E-state index contributed by atoms with van der Waals surface area (Å²) in [5.74, 6) is 0.298. The van der Waals surface area contributed by atoms with Crippen molar-refractivity contribution in [2.75, 3.05) is 33.2 Å². The van der Waals surface area contributed by atoms with Crippen LogP contribution >= 0.6 is 0 Å². The predicted octanol–water partition coefficient (Wildman–Crippen LogP) is 1.94. The Morgan fingerprint density at radius 2 is 1.85 bits per heavy atom. The fourth-order valence-electron chi connectivity index (χ4n) is 1.59. The van der Waals surface area contributed by atoms with Crippen molar-refractivity contribution in [1.82, 2.24) is 4.90 Å². The van der Waals surface area contributed by atoms with Crippen molar-refractivity contribution >= 4 is 17.4 Å². The molecule has 1 amide bonds. The Morgan fingerprint density at radius 3 is 2.35 bits per heavy atom. The molecule has 0 saturated heterocycles. The molecule has 0 aliphatic heterocycles. The van der Waals surface area contributed by atoms with Crippen molar-refractivity contribution < 1.29 is 14.3 Å². The number of carbonyl (C=O) groups is 2. The van der Waals surface area contributed by atoms with Gasteiger partial charge in [0.15, 0.2) is 5.78 Å².